The van der Waals surface area contributed by atoms with E-state index in [-0.39, 0.29) is 29.1 Å². The third kappa shape index (κ3) is 3.94. The molecule has 20 heavy (non-hydrogen) atoms. The van der Waals surface area contributed by atoms with Crippen molar-refractivity contribution in [2.75, 3.05) is 18.8 Å². The van der Waals surface area contributed by atoms with Gasteiger partial charge in [-0.3, -0.25) is 4.79 Å². The van der Waals surface area contributed by atoms with Crippen LogP contribution < -0.4 is 10.6 Å². The van der Waals surface area contributed by atoms with Gasteiger partial charge < -0.3 is 10.6 Å². The molecule has 110 valence electrons. The number of nitrogens with one attached hydrogen (secondary N) is 2. The highest BCUT2D eigenvalue weighted by atomic mass is 35.5. The van der Waals surface area contributed by atoms with Crippen LogP contribution >= 0.6 is 11.6 Å². The minimum atomic E-state index is -3.39. The Morgan fingerprint density at radius 3 is 2.65 bits per heavy atom. The van der Waals surface area contributed by atoms with E-state index in [2.05, 4.69) is 10.6 Å². The van der Waals surface area contributed by atoms with Crippen molar-refractivity contribution in [3.63, 3.8) is 0 Å². The number of rotatable bonds is 5. The molecule has 0 radical (unpaired) electrons. The molecule has 1 atom stereocenters. The molecular formula is C13H17ClN2O3S. The van der Waals surface area contributed by atoms with Crippen LogP contribution in [0.2, 0.25) is 5.02 Å². The third-order valence-corrected chi connectivity index (χ3v) is 5.20. The predicted octanol–water partition coefficient (Wildman–Crippen LogP) is 0.982. The summed E-state index contributed by atoms with van der Waals surface area (Å²) in [5.74, 6) is -0.249. The van der Waals surface area contributed by atoms with Crippen molar-refractivity contribution >= 4 is 27.3 Å². The minimum Gasteiger partial charge on any atom is -0.354 e. The van der Waals surface area contributed by atoms with Gasteiger partial charge in [-0.05, 0) is 43.7 Å². The lowest BCUT2D eigenvalue weighted by molar-refractivity contribution is -0.122. The molecule has 7 heteroatoms. The third-order valence-electron chi connectivity index (χ3n) is 3.22. The Kier molecular flexibility index (Phi) is 5.01. The van der Waals surface area contributed by atoms with Crippen molar-refractivity contribution in [3.8, 4) is 0 Å². The van der Waals surface area contributed by atoms with Crippen LogP contribution in [0.5, 0.6) is 0 Å². The fourth-order valence-electron chi connectivity index (χ4n) is 2.10. The Morgan fingerprint density at radius 1 is 1.35 bits per heavy atom. The quantitative estimate of drug-likeness (QED) is 0.849. The normalized spacial score (nSPS) is 18.9. The van der Waals surface area contributed by atoms with Crippen molar-refractivity contribution in [2.45, 2.75) is 23.8 Å². The molecule has 1 fully saturated rings. The van der Waals surface area contributed by atoms with Crippen molar-refractivity contribution in [2.24, 2.45) is 0 Å². The lowest BCUT2D eigenvalue weighted by Crippen LogP contribution is -2.42. The fourth-order valence-corrected chi connectivity index (χ4v) is 3.38. The summed E-state index contributed by atoms with van der Waals surface area (Å²) in [6, 6.07) is 5.83. The number of sulfone groups is 1. The van der Waals surface area contributed by atoms with E-state index in [1.807, 2.05) is 0 Å². The van der Waals surface area contributed by atoms with Crippen LogP contribution in [0.15, 0.2) is 29.2 Å². The zero-order chi connectivity index (χ0) is 14.6. The summed E-state index contributed by atoms with van der Waals surface area (Å²) < 4.78 is 24.1. The summed E-state index contributed by atoms with van der Waals surface area (Å²) in [7, 11) is -3.39. The van der Waals surface area contributed by atoms with Crippen molar-refractivity contribution in [1.29, 1.82) is 0 Å². The molecule has 2 rings (SSSR count). The van der Waals surface area contributed by atoms with Gasteiger partial charge in [-0.15, -0.1) is 0 Å². The molecule has 1 aliphatic heterocycles. The van der Waals surface area contributed by atoms with Gasteiger partial charge in [0.2, 0.25) is 5.91 Å². The van der Waals surface area contributed by atoms with E-state index >= 15 is 0 Å². The molecule has 1 aromatic carbocycles. The van der Waals surface area contributed by atoms with Crippen LogP contribution in [0.25, 0.3) is 0 Å². The van der Waals surface area contributed by atoms with Gasteiger partial charge in [0.05, 0.1) is 16.7 Å². The topological polar surface area (TPSA) is 75.3 Å². The first-order valence-corrected chi connectivity index (χ1v) is 8.51. The van der Waals surface area contributed by atoms with E-state index in [1.54, 1.807) is 0 Å². The Balaban J connectivity index is 1.86. The van der Waals surface area contributed by atoms with Gasteiger partial charge in [0, 0.05) is 11.6 Å². The van der Waals surface area contributed by atoms with Gasteiger partial charge in [0.15, 0.2) is 9.84 Å². The number of carbonyl (C=O) groups excluding carboxylic acids is 1. The monoisotopic (exact) mass is 316 g/mol. The average Bonchev–Trinajstić information content (AvgIpc) is 2.93. The maximum atomic E-state index is 12.0. The molecular weight excluding hydrogens is 300 g/mol. The SMILES string of the molecule is O=C(NCCS(=O)(=O)c1ccc(Cl)cc1)C1CCCN1. The molecule has 1 saturated heterocycles. The molecule has 5 nitrogen and oxygen atoms in total. The molecule has 0 saturated carbocycles. The van der Waals surface area contributed by atoms with E-state index in [1.165, 1.54) is 24.3 Å². The number of halogens is 1. The van der Waals surface area contributed by atoms with Crippen LogP contribution in [0.4, 0.5) is 0 Å². The summed E-state index contributed by atoms with van der Waals surface area (Å²) >= 11 is 5.72. The highest BCUT2D eigenvalue weighted by Crippen LogP contribution is 2.15. The van der Waals surface area contributed by atoms with Gasteiger partial charge >= 0.3 is 0 Å². The second kappa shape index (κ2) is 6.56. The highest BCUT2D eigenvalue weighted by Gasteiger charge is 2.22. The number of benzene rings is 1. The van der Waals surface area contributed by atoms with Crippen molar-refractivity contribution in [3.05, 3.63) is 29.3 Å². The van der Waals surface area contributed by atoms with E-state index < -0.39 is 9.84 Å². The van der Waals surface area contributed by atoms with Gasteiger partial charge in [-0.1, -0.05) is 11.6 Å². The zero-order valence-corrected chi connectivity index (χ0v) is 12.5. The van der Waals surface area contributed by atoms with Crippen LogP contribution in [-0.2, 0) is 14.6 Å². The zero-order valence-electron chi connectivity index (χ0n) is 10.9. The Hall–Kier alpha value is -1.11. The molecule has 0 aliphatic carbocycles. The molecule has 0 bridgehead atoms. The lowest BCUT2D eigenvalue weighted by Gasteiger charge is -2.11. The Bertz CT molecular complexity index is 566. The Labute approximate surface area is 123 Å². The Morgan fingerprint density at radius 2 is 2.05 bits per heavy atom. The lowest BCUT2D eigenvalue weighted by atomic mass is 10.2. The summed E-state index contributed by atoms with van der Waals surface area (Å²) in [4.78, 5) is 11.9. The van der Waals surface area contributed by atoms with Crippen LogP contribution in [0, 0.1) is 0 Å². The first kappa shape index (κ1) is 15.3. The molecule has 1 unspecified atom stereocenters. The van der Waals surface area contributed by atoms with Crippen molar-refractivity contribution in [1.82, 2.24) is 10.6 Å². The van der Waals surface area contributed by atoms with Crippen LogP contribution in [0.1, 0.15) is 12.8 Å². The second-order valence-corrected chi connectivity index (χ2v) is 7.26. The molecule has 2 N–H and O–H groups in total. The molecule has 1 aromatic rings. The fraction of sp³-hybridized carbons (Fsp3) is 0.462. The van der Waals surface area contributed by atoms with E-state index in [0.717, 1.165) is 19.4 Å². The number of hydrogen-bond acceptors (Lipinski definition) is 4. The predicted molar refractivity (Wildman–Crippen MR) is 77.5 cm³/mol. The van der Waals surface area contributed by atoms with E-state index in [4.69, 9.17) is 11.6 Å². The molecule has 0 spiro atoms. The summed E-state index contributed by atoms with van der Waals surface area (Å²) in [5, 5.41) is 6.21. The maximum Gasteiger partial charge on any atom is 0.237 e. The van der Waals surface area contributed by atoms with Gasteiger partial charge in [0.25, 0.3) is 0 Å². The minimum absolute atomic E-state index is 0.113. The van der Waals surface area contributed by atoms with E-state index in [9.17, 15) is 13.2 Å². The van der Waals surface area contributed by atoms with Crippen LogP contribution in [0.3, 0.4) is 0 Å². The highest BCUT2D eigenvalue weighted by molar-refractivity contribution is 7.91. The standard InChI is InChI=1S/C13H17ClN2O3S/c14-10-3-5-11(6-4-10)20(18,19)9-8-16-13(17)12-2-1-7-15-12/h3-6,12,15H,1-2,7-9H2,(H,16,17). The first-order valence-electron chi connectivity index (χ1n) is 6.48. The number of hydrogen-bond donors (Lipinski definition) is 2. The van der Waals surface area contributed by atoms with Crippen LogP contribution in [-0.4, -0.2) is 39.2 Å². The number of carbonyl (C=O) groups is 1. The molecule has 1 amide bonds. The average molecular weight is 317 g/mol. The summed E-state index contributed by atoms with van der Waals surface area (Å²) in [6.07, 6.45) is 1.77. The largest absolute Gasteiger partial charge is 0.354 e. The summed E-state index contributed by atoms with van der Waals surface area (Å²) in [5.41, 5.74) is 0. The first-order chi connectivity index (χ1) is 9.49. The smallest absolute Gasteiger partial charge is 0.237 e. The van der Waals surface area contributed by atoms with Gasteiger partial charge in [-0.2, -0.15) is 0 Å². The van der Waals surface area contributed by atoms with Gasteiger partial charge in [-0.25, -0.2) is 8.42 Å². The molecule has 1 heterocycles. The maximum absolute atomic E-state index is 12.0. The van der Waals surface area contributed by atoms with Crippen molar-refractivity contribution < 1.29 is 13.2 Å². The van der Waals surface area contributed by atoms with Gasteiger partial charge in [0.1, 0.15) is 0 Å². The van der Waals surface area contributed by atoms with E-state index in [0.29, 0.717) is 5.02 Å². The summed E-state index contributed by atoms with van der Waals surface area (Å²) in [6.45, 7) is 0.948. The number of amides is 1. The molecule has 0 aromatic heterocycles. The second-order valence-electron chi connectivity index (χ2n) is 4.71. The molecule has 1 aliphatic rings.